The van der Waals surface area contributed by atoms with E-state index in [1.807, 2.05) is 12.1 Å². The lowest BCUT2D eigenvalue weighted by molar-refractivity contribution is 0.0950. The summed E-state index contributed by atoms with van der Waals surface area (Å²) < 4.78 is 26.3. The number of nitrogens with one attached hydrogen (secondary N) is 1. The van der Waals surface area contributed by atoms with E-state index in [1.165, 1.54) is 21.3 Å². The van der Waals surface area contributed by atoms with Crippen LogP contribution in [0.4, 0.5) is 0 Å². The van der Waals surface area contributed by atoms with E-state index in [9.17, 15) is 4.79 Å². The Kier molecular flexibility index (Phi) is 6.54. The summed E-state index contributed by atoms with van der Waals surface area (Å²) in [7, 11) is 7.67. The highest BCUT2D eigenvalue weighted by molar-refractivity contribution is 5.95. The Balaban J connectivity index is 2.20. The number of benzene rings is 2. The van der Waals surface area contributed by atoms with Crippen molar-refractivity contribution in [1.29, 1.82) is 0 Å². The summed E-state index contributed by atoms with van der Waals surface area (Å²) >= 11 is 0. The summed E-state index contributed by atoms with van der Waals surface area (Å²) in [6.07, 6.45) is 0. The van der Waals surface area contributed by atoms with E-state index in [0.29, 0.717) is 40.9 Å². The van der Waals surface area contributed by atoms with E-state index in [2.05, 4.69) is 5.32 Å². The minimum absolute atomic E-state index is 0.276. The summed E-state index contributed by atoms with van der Waals surface area (Å²) in [4.78, 5) is 12.5. The first-order chi connectivity index (χ1) is 12.6. The maximum Gasteiger partial charge on any atom is 0.251 e. The Labute approximate surface area is 152 Å². The van der Waals surface area contributed by atoms with E-state index < -0.39 is 0 Å². The van der Waals surface area contributed by atoms with E-state index in [0.717, 1.165) is 5.56 Å². The fraction of sp³-hybridized carbons (Fsp3) is 0.316. The highest BCUT2D eigenvalue weighted by atomic mass is 16.5. The fourth-order valence-electron chi connectivity index (χ4n) is 2.49. The van der Waals surface area contributed by atoms with Crippen LogP contribution in [0.2, 0.25) is 0 Å². The number of amides is 1. The molecule has 0 fully saturated rings. The quantitative estimate of drug-likeness (QED) is 0.779. The van der Waals surface area contributed by atoms with Crippen molar-refractivity contribution in [2.24, 2.45) is 0 Å². The molecule has 26 heavy (non-hydrogen) atoms. The molecule has 0 saturated carbocycles. The Morgan fingerprint density at radius 3 is 1.92 bits per heavy atom. The second-order valence-electron chi connectivity index (χ2n) is 5.27. The van der Waals surface area contributed by atoms with Gasteiger partial charge in [0, 0.05) is 23.7 Å². The molecule has 2 aromatic carbocycles. The van der Waals surface area contributed by atoms with Gasteiger partial charge >= 0.3 is 0 Å². The van der Waals surface area contributed by atoms with Crippen molar-refractivity contribution in [2.45, 2.75) is 6.54 Å². The molecule has 2 aromatic rings. The van der Waals surface area contributed by atoms with Gasteiger partial charge in [-0.05, 0) is 24.3 Å². The first kappa shape index (κ1) is 19.2. The van der Waals surface area contributed by atoms with Gasteiger partial charge in [-0.15, -0.1) is 0 Å². The lowest BCUT2D eigenvalue weighted by atomic mass is 10.1. The van der Waals surface area contributed by atoms with Gasteiger partial charge in [0.1, 0.15) is 11.5 Å². The van der Waals surface area contributed by atoms with Gasteiger partial charge in [-0.2, -0.15) is 0 Å². The van der Waals surface area contributed by atoms with Crippen molar-refractivity contribution in [3.8, 4) is 28.7 Å². The zero-order chi connectivity index (χ0) is 19.1. The molecule has 0 aliphatic heterocycles. The third-order valence-corrected chi connectivity index (χ3v) is 3.86. The summed E-state index contributed by atoms with van der Waals surface area (Å²) in [5.74, 6) is 2.31. The van der Waals surface area contributed by atoms with E-state index in [1.54, 1.807) is 32.4 Å². The van der Waals surface area contributed by atoms with Crippen molar-refractivity contribution >= 4 is 5.91 Å². The predicted octanol–water partition coefficient (Wildman–Crippen LogP) is 2.66. The number of hydrogen-bond donors (Lipinski definition) is 1. The van der Waals surface area contributed by atoms with Crippen molar-refractivity contribution in [3.63, 3.8) is 0 Å². The van der Waals surface area contributed by atoms with Gasteiger partial charge in [0.2, 0.25) is 5.75 Å². The topological polar surface area (TPSA) is 75.3 Å². The van der Waals surface area contributed by atoms with Gasteiger partial charge in [0.05, 0.1) is 35.5 Å². The highest BCUT2D eigenvalue weighted by Crippen LogP contribution is 2.38. The zero-order valence-electron chi connectivity index (χ0n) is 15.5. The first-order valence-electron chi connectivity index (χ1n) is 7.87. The molecule has 0 saturated heterocycles. The van der Waals surface area contributed by atoms with Gasteiger partial charge in [0.15, 0.2) is 11.5 Å². The van der Waals surface area contributed by atoms with Gasteiger partial charge in [-0.25, -0.2) is 0 Å². The second kappa shape index (κ2) is 8.84. The zero-order valence-corrected chi connectivity index (χ0v) is 15.5. The van der Waals surface area contributed by atoms with Crippen LogP contribution in [-0.2, 0) is 6.54 Å². The Hall–Kier alpha value is -3.09. The molecule has 0 radical (unpaired) electrons. The summed E-state index contributed by atoms with van der Waals surface area (Å²) in [5.41, 5.74) is 1.22. The Bertz CT molecular complexity index is 750. The molecule has 0 heterocycles. The summed E-state index contributed by atoms with van der Waals surface area (Å²) in [6.45, 7) is 0.294. The van der Waals surface area contributed by atoms with Crippen LogP contribution >= 0.6 is 0 Å². The smallest absolute Gasteiger partial charge is 0.251 e. The average molecular weight is 361 g/mol. The number of methoxy groups -OCH3 is 5. The SMILES string of the molecule is COc1ccc(CNC(=O)c2cc(OC)c(OC)c(OC)c2)c(OC)c1. The van der Waals surface area contributed by atoms with Crippen molar-refractivity contribution < 1.29 is 28.5 Å². The molecule has 1 N–H and O–H groups in total. The van der Waals surface area contributed by atoms with Crippen molar-refractivity contribution in [3.05, 3.63) is 41.5 Å². The highest BCUT2D eigenvalue weighted by Gasteiger charge is 2.17. The largest absolute Gasteiger partial charge is 0.497 e. The van der Waals surface area contributed by atoms with Crippen LogP contribution in [0.3, 0.4) is 0 Å². The van der Waals surface area contributed by atoms with Gasteiger partial charge in [-0.3, -0.25) is 4.79 Å². The molecular weight excluding hydrogens is 338 g/mol. The maximum atomic E-state index is 12.5. The second-order valence-corrected chi connectivity index (χ2v) is 5.27. The van der Waals surface area contributed by atoms with Crippen LogP contribution < -0.4 is 29.0 Å². The van der Waals surface area contributed by atoms with Gasteiger partial charge in [0.25, 0.3) is 5.91 Å². The van der Waals surface area contributed by atoms with Crippen LogP contribution in [0.5, 0.6) is 28.7 Å². The number of carbonyl (C=O) groups excluding carboxylic acids is 1. The molecule has 2 rings (SSSR count). The molecule has 140 valence electrons. The molecule has 0 aliphatic carbocycles. The standard InChI is InChI=1S/C19H23NO6/c1-22-14-7-6-12(15(10-14)23-2)11-20-19(21)13-8-16(24-3)18(26-5)17(9-13)25-4/h6-10H,11H2,1-5H3,(H,20,21). The van der Waals surface area contributed by atoms with Crippen molar-refractivity contribution in [2.75, 3.05) is 35.5 Å². The maximum absolute atomic E-state index is 12.5. The molecule has 7 nitrogen and oxygen atoms in total. The molecule has 1 amide bonds. The molecular formula is C19H23NO6. The van der Waals surface area contributed by atoms with Crippen LogP contribution in [0, 0.1) is 0 Å². The lowest BCUT2D eigenvalue weighted by Crippen LogP contribution is -2.23. The Morgan fingerprint density at radius 2 is 1.42 bits per heavy atom. The monoisotopic (exact) mass is 361 g/mol. The van der Waals surface area contributed by atoms with E-state index in [4.69, 9.17) is 23.7 Å². The average Bonchev–Trinajstić information content (AvgIpc) is 2.70. The predicted molar refractivity (Wildman–Crippen MR) is 96.8 cm³/mol. The molecule has 0 aromatic heterocycles. The van der Waals surface area contributed by atoms with Crippen molar-refractivity contribution in [1.82, 2.24) is 5.32 Å². The normalized spacial score (nSPS) is 10.0. The van der Waals surface area contributed by atoms with Gasteiger partial charge < -0.3 is 29.0 Å². The lowest BCUT2D eigenvalue weighted by Gasteiger charge is -2.15. The Morgan fingerprint density at radius 1 is 0.808 bits per heavy atom. The van der Waals surface area contributed by atoms with Gasteiger partial charge in [-0.1, -0.05) is 0 Å². The molecule has 0 atom stereocenters. The molecule has 0 spiro atoms. The first-order valence-corrected chi connectivity index (χ1v) is 7.87. The molecule has 0 unspecified atom stereocenters. The number of rotatable bonds is 8. The summed E-state index contributed by atoms with van der Waals surface area (Å²) in [6, 6.07) is 8.61. The van der Waals surface area contributed by atoms with E-state index >= 15 is 0 Å². The minimum Gasteiger partial charge on any atom is -0.497 e. The third kappa shape index (κ3) is 4.11. The van der Waals surface area contributed by atoms with Crippen LogP contribution in [0.15, 0.2) is 30.3 Å². The number of ether oxygens (including phenoxy) is 5. The number of hydrogen-bond acceptors (Lipinski definition) is 6. The molecule has 0 bridgehead atoms. The fourth-order valence-corrected chi connectivity index (χ4v) is 2.49. The number of carbonyl (C=O) groups is 1. The van der Waals surface area contributed by atoms with Crippen LogP contribution in [0.1, 0.15) is 15.9 Å². The van der Waals surface area contributed by atoms with Crippen LogP contribution in [-0.4, -0.2) is 41.5 Å². The van der Waals surface area contributed by atoms with E-state index in [-0.39, 0.29) is 5.91 Å². The van der Waals surface area contributed by atoms with Crippen LogP contribution in [0.25, 0.3) is 0 Å². The molecule has 0 aliphatic rings. The minimum atomic E-state index is -0.276. The third-order valence-electron chi connectivity index (χ3n) is 3.86. The summed E-state index contributed by atoms with van der Waals surface area (Å²) in [5, 5.41) is 2.86. The molecule has 7 heteroatoms.